The van der Waals surface area contributed by atoms with Crippen LogP contribution in [0.25, 0.3) is 0 Å². The number of benzene rings is 1. The summed E-state index contributed by atoms with van der Waals surface area (Å²) in [6.07, 6.45) is 1.80. The molecule has 2 rings (SSSR count). The summed E-state index contributed by atoms with van der Waals surface area (Å²) in [7, 11) is 0. The van der Waals surface area contributed by atoms with Crippen LogP contribution in [0.1, 0.15) is 44.5 Å². The second kappa shape index (κ2) is 7.78. The first kappa shape index (κ1) is 15.5. The summed E-state index contributed by atoms with van der Waals surface area (Å²) >= 11 is 0. The topological polar surface area (TPSA) is 60.2 Å². The summed E-state index contributed by atoms with van der Waals surface area (Å²) in [5.74, 6) is 2.11. The van der Waals surface area contributed by atoms with Gasteiger partial charge in [0.25, 0.3) is 0 Å². The Morgan fingerprint density at radius 1 is 1.29 bits per heavy atom. The normalized spacial score (nSPS) is 11.0. The van der Waals surface area contributed by atoms with Crippen LogP contribution in [0.3, 0.4) is 0 Å². The second-order valence-corrected chi connectivity index (χ2v) is 5.29. The van der Waals surface area contributed by atoms with Crippen LogP contribution in [0.2, 0.25) is 0 Å². The smallest absolute Gasteiger partial charge is 0.226 e. The molecule has 0 aliphatic heterocycles. The summed E-state index contributed by atoms with van der Waals surface area (Å²) in [4.78, 5) is 4.30. The third-order valence-electron chi connectivity index (χ3n) is 3.00. The molecule has 5 heteroatoms. The minimum atomic E-state index is 0.325. The highest BCUT2D eigenvalue weighted by Crippen LogP contribution is 2.19. The fraction of sp³-hybridized carbons (Fsp3) is 0.500. The van der Waals surface area contributed by atoms with Gasteiger partial charge in [0.1, 0.15) is 5.75 Å². The second-order valence-electron chi connectivity index (χ2n) is 5.29. The van der Waals surface area contributed by atoms with E-state index in [4.69, 9.17) is 9.26 Å². The van der Waals surface area contributed by atoms with E-state index in [1.165, 1.54) is 0 Å². The van der Waals surface area contributed by atoms with Gasteiger partial charge in [-0.15, -0.1) is 0 Å². The molecule has 0 bridgehead atoms. The quantitative estimate of drug-likeness (QED) is 0.809. The van der Waals surface area contributed by atoms with Crippen LogP contribution < -0.4 is 10.1 Å². The van der Waals surface area contributed by atoms with Crippen molar-refractivity contribution in [2.45, 2.75) is 52.8 Å². The number of aryl methyl sites for hydroxylation is 1. The van der Waals surface area contributed by atoms with E-state index >= 15 is 0 Å². The molecule has 1 aromatic heterocycles. The lowest BCUT2D eigenvalue weighted by atomic mass is 10.2. The molecule has 0 spiro atoms. The number of rotatable bonds is 8. The molecule has 0 atom stereocenters. The molecule has 0 saturated carbocycles. The molecule has 2 aromatic rings. The molecule has 114 valence electrons. The van der Waals surface area contributed by atoms with E-state index in [0.29, 0.717) is 24.4 Å². The molecule has 0 fully saturated rings. The van der Waals surface area contributed by atoms with E-state index in [2.05, 4.69) is 42.3 Å². The molecular formula is C16H23N3O2. The number of nitrogens with zero attached hydrogens (tertiary/aromatic N) is 2. The van der Waals surface area contributed by atoms with Gasteiger partial charge in [-0.25, -0.2) is 0 Å². The number of aromatic nitrogens is 2. The van der Waals surface area contributed by atoms with E-state index in [1.54, 1.807) is 0 Å². The highest BCUT2D eigenvalue weighted by Gasteiger charge is 2.08. The largest absolute Gasteiger partial charge is 0.485 e. The van der Waals surface area contributed by atoms with Crippen molar-refractivity contribution in [1.29, 1.82) is 0 Å². The predicted molar refractivity (Wildman–Crippen MR) is 81.0 cm³/mol. The molecule has 0 amide bonds. The third kappa shape index (κ3) is 4.86. The molecule has 1 heterocycles. The van der Waals surface area contributed by atoms with Gasteiger partial charge in [-0.2, -0.15) is 4.98 Å². The number of para-hydroxylation sites is 1. The van der Waals surface area contributed by atoms with Crippen molar-refractivity contribution in [2.24, 2.45) is 0 Å². The zero-order valence-electron chi connectivity index (χ0n) is 12.9. The zero-order valence-corrected chi connectivity index (χ0v) is 12.9. The molecule has 0 radical (unpaired) electrons. The molecule has 0 aliphatic rings. The number of ether oxygens (including phenoxy) is 1. The SMILES string of the molecule is CCCc1nc(COc2ccccc2CNC(C)C)no1. The summed E-state index contributed by atoms with van der Waals surface area (Å²) < 4.78 is 11.0. The monoisotopic (exact) mass is 289 g/mol. The van der Waals surface area contributed by atoms with Gasteiger partial charge in [-0.05, 0) is 12.5 Å². The van der Waals surface area contributed by atoms with Gasteiger partial charge in [0.2, 0.25) is 11.7 Å². The number of nitrogens with one attached hydrogen (secondary N) is 1. The van der Waals surface area contributed by atoms with Crippen LogP contribution in [-0.2, 0) is 19.6 Å². The lowest BCUT2D eigenvalue weighted by molar-refractivity contribution is 0.281. The number of hydrogen-bond donors (Lipinski definition) is 1. The first-order valence-electron chi connectivity index (χ1n) is 7.44. The van der Waals surface area contributed by atoms with Crippen LogP contribution in [0, 0.1) is 0 Å². The predicted octanol–water partition coefficient (Wildman–Crippen LogP) is 3.10. The van der Waals surface area contributed by atoms with Crippen molar-refractivity contribution in [2.75, 3.05) is 0 Å². The molecule has 5 nitrogen and oxygen atoms in total. The Morgan fingerprint density at radius 2 is 2.10 bits per heavy atom. The molecule has 0 unspecified atom stereocenters. The zero-order chi connectivity index (χ0) is 15.1. The van der Waals surface area contributed by atoms with E-state index in [9.17, 15) is 0 Å². The van der Waals surface area contributed by atoms with Crippen molar-refractivity contribution < 1.29 is 9.26 Å². The Labute approximate surface area is 125 Å². The van der Waals surface area contributed by atoms with Crippen molar-refractivity contribution >= 4 is 0 Å². The van der Waals surface area contributed by atoms with Gasteiger partial charge in [0.05, 0.1) is 0 Å². The van der Waals surface area contributed by atoms with Crippen LogP contribution in [0.15, 0.2) is 28.8 Å². The Morgan fingerprint density at radius 3 is 2.86 bits per heavy atom. The maximum atomic E-state index is 5.82. The van der Waals surface area contributed by atoms with Crippen LogP contribution >= 0.6 is 0 Å². The Bertz CT molecular complexity index is 552. The average molecular weight is 289 g/mol. The fourth-order valence-corrected chi connectivity index (χ4v) is 1.91. The first-order valence-corrected chi connectivity index (χ1v) is 7.44. The van der Waals surface area contributed by atoms with Crippen molar-refractivity contribution in [3.8, 4) is 5.75 Å². The molecule has 21 heavy (non-hydrogen) atoms. The fourth-order valence-electron chi connectivity index (χ4n) is 1.91. The minimum absolute atomic E-state index is 0.325. The minimum Gasteiger partial charge on any atom is -0.485 e. The maximum Gasteiger partial charge on any atom is 0.226 e. The third-order valence-corrected chi connectivity index (χ3v) is 3.00. The first-order chi connectivity index (χ1) is 10.2. The van der Waals surface area contributed by atoms with Gasteiger partial charge in [-0.1, -0.05) is 44.1 Å². The molecule has 0 saturated heterocycles. The van der Waals surface area contributed by atoms with E-state index in [-0.39, 0.29) is 0 Å². The van der Waals surface area contributed by atoms with Gasteiger partial charge >= 0.3 is 0 Å². The molecule has 1 aromatic carbocycles. The van der Waals surface area contributed by atoms with Crippen molar-refractivity contribution in [3.63, 3.8) is 0 Å². The van der Waals surface area contributed by atoms with Gasteiger partial charge < -0.3 is 14.6 Å². The molecular weight excluding hydrogens is 266 g/mol. The summed E-state index contributed by atoms with van der Waals surface area (Å²) in [6.45, 7) is 7.43. The van der Waals surface area contributed by atoms with Gasteiger partial charge in [-0.3, -0.25) is 0 Å². The maximum absolute atomic E-state index is 5.82. The molecule has 1 N–H and O–H groups in total. The van der Waals surface area contributed by atoms with Crippen LogP contribution in [0.4, 0.5) is 0 Å². The van der Waals surface area contributed by atoms with Gasteiger partial charge in [0, 0.05) is 24.6 Å². The highest BCUT2D eigenvalue weighted by molar-refractivity contribution is 5.33. The summed E-state index contributed by atoms with van der Waals surface area (Å²) in [5, 5.41) is 7.32. The van der Waals surface area contributed by atoms with E-state index in [1.807, 2.05) is 18.2 Å². The standard InChI is InChI=1S/C16H23N3O2/c1-4-7-16-18-15(19-21-16)11-20-14-9-6-5-8-13(14)10-17-12(2)3/h5-6,8-9,12,17H,4,7,10-11H2,1-3H3. The Hall–Kier alpha value is -1.88. The van der Waals surface area contributed by atoms with Crippen molar-refractivity contribution in [1.82, 2.24) is 15.5 Å². The Balaban J connectivity index is 1.95. The molecule has 0 aliphatic carbocycles. The highest BCUT2D eigenvalue weighted by atomic mass is 16.5. The summed E-state index contributed by atoms with van der Waals surface area (Å²) in [6, 6.07) is 8.44. The van der Waals surface area contributed by atoms with E-state index < -0.39 is 0 Å². The van der Waals surface area contributed by atoms with Crippen molar-refractivity contribution in [3.05, 3.63) is 41.5 Å². The lowest BCUT2D eigenvalue weighted by Crippen LogP contribution is -2.22. The lowest BCUT2D eigenvalue weighted by Gasteiger charge is -2.12. The summed E-state index contributed by atoms with van der Waals surface area (Å²) in [5.41, 5.74) is 1.13. The van der Waals surface area contributed by atoms with E-state index in [0.717, 1.165) is 30.7 Å². The van der Waals surface area contributed by atoms with Crippen LogP contribution in [0.5, 0.6) is 5.75 Å². The average Bonchev–Trinajstić information content (AvgIpc) is 2.92. The Kier molecular flexibility index (Phi) is 5.75. The van der Waals surface area contributed by atoms with Crippen LogP contribution in [-0.4, -0.2) is 16.2 Å². The van der Waals surface area contributed by atoms with Gasteiger partial charge in [0.15, 0.2) is 6.61 Å². The number of hydrogen-bond acceptors (Lipinski definition) is 5.